The quantitative estimate of drug-likeness (QED) is 0.449. The molecular weight excluding hydrogens is 118 g/mol. The summed E-state index contributed by atoms with van der Waals surface area (Å²) < 4.78 is 0. The second-order valence-electron chi connectivity index (χ2n) is 2.71. The molecule has 0 radical (unpaired) electrons. The number of rotatable bonds is 3. The number of hydrogen-bond acceptors (Lipinski definition) is 3. The molecule has 1 aliphatic rings. The van der Waals surface area contributed by atoms with Crippen LogP contribution in [0.3, 0.4) is 0 Å². The molecule has 54 valence electrons. The highest BCUT2D eigenvalue weighted by atomic mass is 16.3. The average molecular weight is 131 g/mol. The van der Waals surface area contributed by atoms with Crippen LogP contribution in [0.5, 0.6) is 0 Å². The van der Waals surface area contributed by atoms with Gasteiger partial charge in [0.15, 0.2) is 0 Å². The Morgan fingerprint density at radius 1 is 1.44 bits per heavy atom. The zero-order valence-electron chi connectivity index (χ0n) is 5.33. The van der Waals surface area contributed by atoms with Crippen molar-refractivity contribution in [1.29, 1.82) is 0 Å². The van der Waals surface area contributed by atoms with Gasteiger partial charge in [0.1, 0.15) is 6.23 Å². The summed E-state index contributed by atoms with van der Waals surface area (Å²) in [5.41, 5.74) is 5.05. The van der Waals surface area contributed by atoms with Crippen LogP contribution in [0, 0.1) is 5.92 Å². The van der Waals surface area contributed by atoms with Crippen LogP contribution < -0.4 is 5.73 Å². The average Bonchev–Trinajstić information content (AvgIpc) is 2.40. The lowest BCUT2D eigenvalue weighted by molar-refractivity contribution is 0.0713. The SMILES string of the molecule is NC(O)CC(O)C1CC1. The Morgan fingerprint density at radius 3 is 2.33 bits per heavy atom. The Bertz CT molecular complexity index is 91.1. The molecule has 0 aliphatic heterocycles. The summed E-state index contributed by atoms with van der Waals surface area (Å²) in [6.45, 7) is 0. The van der Waals surface area contributed by atoms with Crippen molar-refractivity contribution in [3.8, 4) is 0 Å². The first-order valence-corrected chi connectivity index (χ1v) is 3.32. The molecule has 2 atom stereocenters. The van der Waals surface area contributed by atoms with Gasteiger partial charge >= 0.3 is 0 Å². The van der Waals surface area contributed by atoms with Crippen LogP contribution in [0.25, 0.3) is 0 Å². The fourth-order valence-corrected chi connectivity index (χ4v) is 0.921. The Balaban J connectivity index is 2.10. The van der Waals surface area contributed by atoms with Crippen molar-refractivity contribution in [3.63, 3.8) is 0 Å². The molecule has 4 N–H and O–H groups in total. The third kappa shape index (κ3) is 2.30. The van der Waals surface area contributed by atoms with E-state index in [0.717, 1.165) is 12.8 Å². The van der Waals surface area contributed by atoms with E-state index in [4.69, 9.17) is 15.9 Å². The number of aliphatic hydroxyl groups is 2. The third-order valence-corrected chi connectivity index (χ3v) is 1.65. The second kappa shape index (κ2) is 2.64. The minimum Gasteiger partial charge on any atom is -0.393 e. The van der Waals surface area contributed by atoms with E-state index in [1.807, 2.05) is 0 Å². The van der Waals surface area contributed by atoms with E-state index >= 15 is 0 Å². The normalized spacial score (nSPS) is 25.7. The fourth-order valence-electron chi connectivity index (χ4n) is 0.921. The Hall–Kier alpha value is -0.120. The van der Waals surface area contributed by atoms with Crippen molar-refractivity contribution in [2.75, 3.05) is 0 Å². The van der Waals surface area contributed by atoms with Crippen molar-refractivity contribution >= 4 is 0 Å². The third-order valence-electron chi connectivity index (χ3n) is 1.65. The molecule has 0 bridgehead atoms. The molecule has 0 spiro atoms. The summed E-state index contributed by atoms with van der Waals surface area (Å²) in [6, 6.07) is 0. The Morgan fingerprint density at radius 2 is 2.00 bits per heavy atom. The van der Waals surface area contributed by atoms with E-state index < -0.39 is 6.23 Å². The first kappa shape index (κ1) is 6.99. The van der Waals surface area contributed by atoms with Gasteiger partial charge in [0.25, 0.3) is 0 Å². The van der Waals surface area contributed by atoms with Crippen molar-refractivity contribution < 1.29 is 10.2 Å². The van der Waals surface area contributed by atoms with Gasteiger partial charge in [-0.2, -0.15) is 0 Å². The van der Waals surface area contributed by atoms with Gasteiger partial charge in [-0.05, 0) is 18.8 Å². The molecule has 9 heavy (non-hydrogen) atoms. The van der Waals surface area contributed by atoms with Crippen LogP contribution in [0.15, 0.2) is 0 Å². The van der Waals surface area contributed by atoms with E-state index in [1.54, 1.807) is 0 Å². The molecule has 0 aromatic rings. The fraction of sp³-hybridized carbons (Fsp3) is 1.00. The number of nitrogens with two attached hydrogens (primary N) is 1. The molecule has 0 saturated heterocycles. The lowest BCUT2D eigenvalue weighted by Gasteiger charge is -2.09. The Kier molecular flexibility index (Phi) is 2.05. The highest BCUT2D eigenvalue weighted by molar-refractivity contribution is 4.81. The topological polar surface area (TPSA) is 66.5 Å². The lowest BCUT2D eigenvalue weighted by Crippen LogP contribution is -2.26. The van der Waals surface area contributed by atoms with Crippen LogP contribution >= 0.6 is 0 Å². The van der Waals surface area contributed by atoms with Gasteiger partial charge in [-0.1, -0.05) is 0 Å². The van der Waals surface area contributed by atoms with E-state index in [2.05, 4.69) is 0 Å². The monoisotopic (exact) mass is 131 g/mol. The molecule has 0 amide bonds. The van der Waals surface area contributed by atoms with Gasteiger partial charge in [0.05, 0.1) is 6.10 Å². The van der Waals surface area contributed by atoms with Crippen LogP contribution in [-0.4, -0.2) is 22.5 Å². The smallest absolute Gasteiger partial charge is 0.104 e. The Labute approximate surface area is 54.5 Å². The maximum absolute atomic E-state index is 9.12. The predicted molar refractivity (Wildman–Crippen MR) is 33.5 cm³/mol. The molecule has 1 fully saturated rings. The summed E-state index contributed by atoms with van der Waals surface area (Å²) in [4.78, 5) is 0. The first-order chi connectivity index (χ1) is 4.20. The predicted octanol–water partition coefficient (Wildman–Crippen LogP) is -0.576. The maximum Gasteiger partial charge on any atom is 0.104 e. The van der Waals surface area contributed by atoms with E-state index in [-0.39, 0.29) is 6.10 Å². The molecule has 0 aromatic carbocycles. The lowest BCUT2D eigenvalue weighted by atomic mass is 10.1. The van der Waals surface area contributed by atoms with Gasteiger partial charge < -0.3 is 15.9 Å². The van der Waals surface area contributed by atoms with Crippen LogP contribution in [0.2, 0.25) is 0 Å². The zero-order chi connectivity index (χ0) is 6.85. The highest BCUT2D eigenvalue weighted by Gasteiger charge is 2.30. The molecule has 0 aromatic heterocycles. The first-order valence-electron chi connectivity index (χ1n) is 3.32. The number of aliphatic hydroxyl groups excluding tert-OH is 2. The minimum atomic E-state index is -0.847. The van der Waals surface area contributed by atoms with Crippen LogP contribution in [0.4, 0.5) is 0 Å². The molecule has 3 nitrogen and oxygen atoms in total. The minimum absolute atomic E-state index is 0.324. The number of hydrogen-bond donors (Lipinski definition) is 3. The highest BCUT2D eigenvalue weighted by Crippen LogP contribution is 2.33. The van der Waals surface area contributed by atoms with Crippen molar-refractivity contribution in [3.05, 3.63) is 0 Å². The second-order valence-corrected chi connectivity index (χ2v) is 2.71. The van der Waals surface area contributed by atoms with E-state index in [0.29, 0.717) is 12.3 Å². The molecule has 2 unspecified atom stereocenters. The summed E-state index contributed by atoms with van der Waals surface area (Å²) in [7, 11) is 0. The largest absolute Gasteiger partial charge is 0.393 e. The summed E-state index contributed by atoms with van der Waals surface area (Å²) in [5.74, 6) is 0.420. The van der Waals surface area contributed by atoms with Gasteiger partial charge in [-0.15, -0.1) is 0 Å². The molecular formula is C6H13NO2. The molecule has 1 saturated carbocycles. The van der Waals surface area contributed by atoms with Crippen molar-refractivity contribution in [2.24, 2.45) is 11.7 Å². The summed E-state index contributed by atoms with van der Waals surface area (Å²) in [5, 5.41) is 17.7. The van der Waals surface area contributed by atoms with Gasteiger partial charge in [-0.3, -0.25) is 0 Å². The van der Waals surface area contributed by atoms with E-state index in [1.165, 1.54) is 0 Å². The van der Waals surface area contributed by atoms with Crippen molar-refractivity contribution in [2.45, 2.75) is 31.6 Å². The van der Waals surface area contributed by atoms with Gasteiger partial charge in [0.2, 0.25) is 0 Å². The van der Waals surface area contributed by atoms with E-state index in [9.17, 15) is 0 Å². The standard InChI is InChI=1S/C6H13NO2/c7-6(9)3-5(8)4-1-2-4/h4-6,8-9H,1-3,7H2. The maximum atomic E-state index is 9.12. The van der Waals surface area contributed by atoms with Gasteiger partial charge in [0, 0.05) is 6.42 Å². The van der Waals surface area contributed by atoms with Crippen LogP contribution in [0.1, 0.15) is 19.3 Å². The van der Waals surface area contributed by atoms with Crippen molar-refractivity contribution in [1.82, 2.24) is 0 Å². The summed E-state index contributed by atoms with van der Waals surface area (Å²) >= 11 is 0. The molecule has 1 rings (SSSR count). The van der Waals surface area contributed by atoms with Crippen LogP contribution in [-0.2, 0) is 0 Å². The summed E-state index contributed by atoms with van der Waals surface area (Å²) in [6.07, 6.45) is 1.29. The molecule has 1 aliphatic carbocycles. The zero-order valence-corrected chi connectivity index (χ0v) is 5.33. The molecule has 3 heteroatoms. The molecule has 0 heterocycles. The van der Waals surface area contributed by atoms with Gasteiger partial charge in [-0.25, -0.2) is 0 Å².